The van der Waals surface area contributed by atoms with E-state index in [9.17, 15) is 9.59 Å². The topological polar surface area (TPSA) is 119 Å². The molecule has 2 aromatic heterocycles. The van der Waals surface area contributed by atoms with Crippen LogP contribution in [0.3, 0.4) is 0 Å². The van der Waals surface area contributed by atoms with E-state index in [2.05, 4.69) is 25.8 Å². The Hall–Kier alpha value is -3.21. The zero-order valence-corrected chi connectivity index (χ0v) is 17.4. The molecule has 1 aromatic carbocycles. The van der Waals surface area contributed by atoms with E-state index in [4.69, 9.17) is 4.52 Å². The molecular formula is C19H21N7O3S. The van der Waals surface area contributed by atoms with E-state index in [0.29, 0.717) is 37.0 Å². The number of amides is 2. The van der Waals surface area contributed by atoms with Crippen molar-refractivity contribution in [1.82, 2.24) is 30.5 Å². The van der Waals surface area contributed by atoms with E-state index >= 15 is 0 Å². The maximum absolute atomic E-state index is 12.5. The van der Waals surface area contributed by atoms with Crippen molar-refractivity contribution >= 4 is 29.3 Å². The van der Waals surface area contributed by atoms with Crippen LogP contribution in [0, 0.1) is 12.8 Å². The van der Waals surface area contributed by atoms with Crippen molar-refractivity contribution in [2.45, 2.75) is 24.8 Å². The summed E-state index contributed by atoms with van der Waals surface area (Å²) >= 11 is 1.62. The molecule has 4 rings (SSSR count). The lowest BCUT2D eigenvalue weighted by Crippen LogP contribution is -2.34. The van der Waals surface area contributed by atoms with Crippen LogP contribution in [0.4, 0.5) is 5.69 Å². The number of nitrogens with one attached hydrogen (secondary N) is 1. The van der Waals surface area contributed by atoms with Gasteiger partial charge >= 0.3 is 0 Å². The minimum absolute atomic E-state index is 0.0378. The van der Waals surface area contributed by atoms with Crippen molar-refractivity contribution in [3.8, 4) is 11.6 Å². The summed E-state index contributed by atoms with van der Waals surface area (Å²) in [6, 6.07) is 7.78. The van der Waals surface area contributed by atoms with Gasteiger partial charge in [-0.3, -0.25) is 9.59 Å². The predicted molar refractivity (Wildman–Crippen MR) is 110 cm³/mol. The average Bonchev–Trinajstić information content (AvgIpc) is 3.48. The molecule has 2 amide bonds. The Balaban J connectivity index is 1.29. The third kappa shape index (κ3) is 4.35. The van der Waals surface area contributed by atoms with Gasteiger partial charge in [0.2, 0.25) is 11.8 Å². The van der Waals surface area contributed by atoms with Crippen molar-refractivity contribution < 1.29 is 14.1 Å². The zero-order valence-electron chi connectivity index (χ0n) is 16.6. The number of hydrogen-bond donors (Lipinski definition) is 1. The minimum atomic E-state index is -0.372. The molecule has 1 fully saturated rings. The van der Waals surface area contributed by atoms with Gasteiger partial charge in [-0.15, -0.1) is 16.9 Å². The Labute approximate surface area is 177 Å². The third-order valence-corrected chi connectivity index (χ3v) is 5.51. The van der Waals surface area contributed by atoms with Crippen molar-refractivity contribution in [2.75, 3.05) is 24.2 Å². The van der Waals surface area contributed by atoms with Crippen molar-refractivity contribution in [3.63, 3.8) is 0 Å². The number of aryl methyl sites for hydroxylation is 1. The molecule has 0 radical (unpaired) electrons. The first-order valence-electron chi connectivity index (χ1n) is 9.46. The molecule has 156 valence electrons. The molecule has 3 heterocycles. The molecule has 30 heavy (non-hydrogen) atoms. The summed E-state index contributed by atoms with van der Waals surface area (Å²) in [5.74, 6) is 0.275. The van der Waals surface area contributed by atoms with E-state index in [-0.39, 0.29) is 24.2 Å². The lowest BCUT2D eigenvalue weighted by Gasteiger charge is -2.17. The van der Waals surface area contributed by atoms with Crippen molar-refractivity contribution in [3.05, 3.63) is 36.3 Å². The maximum atomic E-state index is 12.5. The summed E-state index contributed by atoms with van der Waals surface area (Å²) in [5, 5.41) is 14.6. The van der Waals surface area contributed by atoms with Crippen LogP contribution in [0.25, 0.3) is 11.6 Å². The van der Waals surface area contributed by atoms with Crippen LogP contribution in [0.5, 0.6) is 0 Å². The van der Waals surface area contributed by atoms with Crippen LogP contribution in [0.2, 0.25) is 0 Å². The fourth-order valence-corrected chi connectivity index (χ4v) is 3.71. The van der Waals surface area contributed by atoms with Crippen molar-refractivity contribution in [2.24, 2.45) is 5.92 Å². The van der Waals surface area contributed by atoms with Gasteiger partial charge < -0.3 is 14.7 Å². The first-order valence-corrected chi connectivity index (χ1v) is 10.7. The number of carbonyl (C=O) groups excluding carboxylic acids is 2. The molecular weight excluding hydrogens is 406 g/mol. The highest BCUT2D eigenvalue weighted by Gasteiger charge is 2.35. The molecule has 0 unspecified atom stereocenters. The molecule has 0 bridgehead atoms. The van der Waals surface area contributed by atoms with Crippen LogP contribution < -0.4 is 10.2 Å². The second-order valence-electron chi connectivity index (χ2n) is 6.91. The molecule has 0 saturated carbocycles. The minimum Gasteiger partial charge on any atom is -0.354 e. The normalized spacial score (nSPS) is 16.3. The van der Waals surface area contributed by atoms with Gasteiger partial charge in [-0.2, -0.15) is 4.98 Å². The third-order valence-electron chi connectivity index (χ3n) is 4.79. The number of rotatable bonds is 7. The second kappa shape index (κ2) is 8.66. The summed E-state index contributed by atoms with van der Waals surface area (Å²) in [4.78, 5) is 31.8. The Morgan fingerprint density at radius 3 is 3.03 bits per heavy atom. The fraction of sp³-hybridized carbons (Fsp3) is 0.368. The van der Waals surface area contributed by atoms with Crippen LogP contribution in [0.1, 0.15) is 12.2 Å². The van der Waals surface area contributed by atoms with Gasteiger partial charge in [0.25, 0.3) is 5.89 Å². The summed E-state index contributed by atoms with van der Waals surface area (Å²) in [5.41, 5.74) is 1.31. The number of aromatic nitrogens is 5. The monoisotopic (exact) mass is 427 g/mol. The van der Waals surface area contributed by atoms with E-state index in [1.165, 1.54) is 0 Å². The smallest absolute Gasteiger partial charge is 0.280 e. The predicted octanol–water partition coefficient (Wildman–Crippen LogP) is 1.53. The molecule has 3 aromatic rings. The van der Waals surface area contributed by atoms with Gasteiger partial charge in [0.15, 0.2) is 11.5 Å². The SMILES string of the molecule is CSc1cccc(N2C[C@@H](C(=O)NCCn3cc(-c4nc(C)no4)nn3)CC2=O)c1. The standard InChI is InChI=1S/C19H21N7O3S/c1-12-21-19(29-23-12)16-11-25(24-22-16)7-6-20-18(28)13-8-17(27)26(10-13)14-4-3-5-15(9-14)30-2/h3-5,9,11,13H,6-8,10H2,1-2H3,(H,20,28)/t13-/m0/s1. The van der Waals surface area contributed by atoms with Crippen LogP contribution in [-0.2, 0) is 16.1 Å². The highest BCUT2D eigenvalue weighted by atomic mass is 32.2. The van der Waals surface area contributed by atoms with Gasteiger partial charge in [-0.25, -0.2) is 4.68 Å². The summed E-state index contributed by atoms with van der Waals surface area (Å²) in [7, 11) is 0. The number of anilines is 1. The Bertz CT molecular complexity index is 1060. The molecule has 1 atom stereocenters. The van der Waals surface area contributed by atoms with E-state index in [1.807, 2.05) is 30.5 Å². The molecule has 1 aliphatic heterocycles. The molecule has 11 heteroatoms. The van der Waals surface area contributed by atoms with E-state index in [1.54, 1.807) is 34.5 Å². The Morgan fingerprint density at radius 2 is 2.27 bits per heavy atom. The first-order chi connectivity index (χ1) is 14.5. The Morgan fingerprint density at radius 1 is 1.40 bits per heavy atom. The van der Waals surface area contributed by atoms with Gasteiger partial charge in [-0.05, 0) is 31.4 Å². The van der Waals surface area contributed by atoms with E-state index in [0.717, 1.165) is 10.6 Å². The van der Waals surface area contributed by atoms with Crippen LogP contribution >= 0.6 is 11.8 Å². The largest absolute Gasteiger partial charge is 0.354 e. The highest BCUT2D eigenvalue weighted by molar-refractivity contribution is 7.98. The maximum Gasteiger partial charge on any atom is 0.280 e. The van der Waals surface area contributed by atoms with Crippen LogP contribution in [0.15, 0.2) is 39.9 Å². The van der Waals surface area contributed by atoms with Crippen LogP contribution in [-0.4, -0.2) is 56.3 Å². The van der Waals surface area contributed by atoms with Gasteiger partial charge in [0, 0.05) is 30.1 Å². The highest BCUT2D eigenvalue weighted by Crippen LogP contribution is 2.28. The number of carbonyl (C=O) groups is 2. The summed E-state index contributed by atoms with van der Waals surface area (Å²) < 4.78 is 6.65. The number of benzene rings is 1. The van der Waals surface area contributed by atoms with Gasteiger partial charge in [0.05, 0.1) is 18.7 Å². The number of thioether (sulfide) groups is 1. The molecule has 0 aliphatic carbocycles. The second-order valence-corrected chi connectivity index (χ2v) is 7.79. The lowest BCUT2D eigenvalue weighted by molar-refractivity contribution is -0.126. The molecule has 10 nitrogen and oxygen atoms in total. The summed E-state index contributed by atoms with van der Waals surface area (Å²) in [6.07, 6.45) is 3.88. The lowest BCUT2D eigenvalue weighted by atomic mass is 10.1. The van der Waals surface area contributed by atoms with Gasteiger partial charge in [-0.1, -0.05) is 16.4 Å². The number of hydrogen-bond acceptors (Lipinski definition) is 8. The first kappa shape index (κ1) is 20.1. The zero-order chi connectivity index (χ0) is 21.1. The molecule has 0 spiro atoms. The number of nitrogens with zero attached hydrogens (tertiary/aromatic N) is 6. The van der Waals surface area contributed by atoms with Gasteiger partial charge in [0.1, 0.15) is 0 Å². The molecule has 1 saturated heterocycles. The van der Waals surface area contributed by atoms with E-state index < -0.39 is 0 Å². The summed E-state index contributed by atoms with van der Waals surface area (Å²) in [6.45, 7) is 2.91. The molecule has 1 aliphatic rings. The average molecular weight is 427 g/mol. The fourth-order valence-electron chi connectivity index (χ4n) is 3.26. The molecule has 1 N–H and O–H groups in total. The van der Waals surface area contributed by atoms with Crippen molar-refractivity contribution in [1.29, 1.82) is 0 Å². The Kier molecular flexibility index (Phi) is 5.79. The quantitative estimate of drug-likeness (QED) is 0.564.